The predicted octanol–water partition coefficient (Wildman–Crippen LogP) is 7.04. The second-order valence-electron chi connectivity index (χ2n) is 12.7. The van der Waals surface area contributed by atoms with Crippen molar-refractivity contribution in [3.63, 3.8) is 0 Å². The first kappa shape index (κ1) is 25.9. The highest BCUT2D eigenvalue weighted by atomic mass is 35.5. The summed E-state index contributed by atoms with van der Waals surface area (Å²) in [6.45, 7) is 10.8. The summed E-state index contributed by atoms with van der Waals surface area (Å²) >= 11 is 6.54. The first-order valence-corrected chi connectivity index (χ1v) is 14.0. The summed E-state index contributed by atoms with van der Waals surface area (Å²) < 4.78 is 0. The van der Waals surface area contributed by atoms with Gasteiger partial charge in [0.05, 0.1) is 11.0 Å². The number of rotatable bonds is 7. The van der Waals surface area contributed by atoms with E-state index in [2.05, 4.69) is 27.7 Å². The van der Waals surface area contributed by atoms with E-state index >= 15 is 0 Å². The van der Waals surface area contributed by atoms with Gasteiger partial charge in [0.15, 0.2) is 5.78 Å². The molecule has 8 atom stereocenters. The molecular formula is C29H43ClO4. The normalized spacial score (nSPS) is 39.3. The molecule has 1 unspecified atom stereocenters. The second-order valence-corrected chi connectivity index (χ2v) is 13.0. The number of ketones is 2. The molecule has 4 rings (SSSR count). The molecule has 0 bridgehead atoms. The molecule has 190 valence electrons. The minimum absolute atomic E-state index is 0.00109. The number of carbonyl (C=O) groups excluding carboxylic acids is 2. The average molecular weight is 491 g/mol. The van der Waals surface area contributed by atoms with Crippen LogP contribution in [0.1, 0.15) is 98.8 Å². The molecular weight excluding hydrogens is 448 g/mol. The molecule has 5 heteroatoms. The second kappa shape index (κ2) is 9.37. The lowest BCUT2D eigenvalue weighted by atomic mass is 9.46. The average Bonchev–Trinajstić information content (AvgIpc) is 3.12. The molecule has 0 saturated heterocycles. The van der Waals surface area contributed by atoms with Crippen molar-refractivity contribution in [2.24, 2.45) is 52.3 Å². The van der Waals surface area contributed by atoms with Gasteiger partial charge in [-0.05, 0) is 97.4 Å². The minimum atomic E-state index is -0.792. The Labute approximate surface area is 210 Å². The molecule has 0 aliphatic heterocycles. The van der Waals surface area contributed by atoms with E-state index in [1.54, 1.807) is 0 Å². The summed E-state index contributed by atoms with van der Waals surface area (Å²) in [5, 5.41) is 10.8. The number of allylic oxidation sites excluding steroid dienone is 1. The Kier molecular flexibility index (Phi) is 7.15. The van der Waals surface area contributed by atoms with Gasteiger partial charge in [0, 0.05) is 18.8 Å². The molecule has 3 fully saturated rings. The largest absolute Gasteiger partial charge is 0.481 e. The van der Waals surface area contributed by atoms with Crippen LogP contribution in [0.25, 0.3) is 0 Å². The number of halogens is 1. The number of carbonyl (C=O) groups is 3. The fourth-order valence-corrected chi connectivity index (χ4v) is 9.60. The van der Waals surface area contributed by atoms with E-state index in [4.69, 9.17) is 11.6 Å². The molecule has 4 aliphatic carbocycles. The van der Waals surface area contributed by atoms with Gasteiger partial charge in [-0.25, -0.2) is 0 Å². The van der Waals surface area contributed by atoms with E-state index < -0.39 is 11.9 Å². The molecule has 0 amide bonds. The quantitative estimate of drug-likeness (QED) is 0.415. The van der Waals surface area contributed by atoms with Crippen molar-refractivity contribution in [3.8, 4) is 0 Å². The summed E-state index contributed by atoms with van der Waals surface area (Å²) in [4.78, 5) is 37.9. The zero-order valence-corrected chi connectivity index (χ0v) is 22.4. The molecule has 0 aromatic heterocycles. The number of carboxylic acids is 1. The molecule has 3 saturated carbocycles. The lowest BCUT2D eigenvalue weighted by molar-refractivity contribution is -0.150. The standard InChI is InChI=1S/C29H43ClO4/c1-6-17(16(2)3)25(32)15-19(27(33)34)21-10-9-20-18-7-8-23-26(30)24(31)12-14-29(23,5)22(18)11-13-28(20,21)4/h16-22H,6-15H2,1-5H3,(H,33,34)/t17?,18-,19+,20-,21+,22-,28-,29+/m0/s1. The molecule has 0 aromatic rings. The van der Waals surface area contributed by atoms with Crippen LogP contribution < -0.4 is 0 Å². The van der Waals surface area contributed by atoms with Gasteiger partial charge in [0.2, 0.25) is 0 Å². The van der Waals surface area contributed by atoms with Gasteiger partial charge in [-0.15, -0.1) is 0 Å². The smallest absolute Gasteiger partial charge is 0.307 e. The van der Waals surface area contributed by atoms with Gasteiger partial charge in [-0.3, -0.25) is 14.4 Å². The summed E-state index contributed by atoms with van der Waals surface area (Å²) in [5.74, 6) is 0.689. The van der Waals surface area contributed by atoms with Crippen LogP contribution in [-0.4, -0.2) is 22.6 Å². The zero-order chi connectivity index (χ0) is 25.0. The van der Waals surface area contributed by atoms with Crippen LogP contribution in [0.15, 0.2) is 10.6 Å². The lowest BCUT2D eigenvalue weighted by Gasteiger charge is -2.58. The van der Waals surface area contributed by atoms with Crippen LogP contribution in [0.3, 0.4) is 0 Å². The maximum Gasteiger partial charge on any atom is 0.307 e. The third-order valence-electron chi connectivity index (χ3n) is 11.0. The van der Waals surface area contributed by atoms with Gasteiger partial charge in [0.1, 0.15) is 5.78 Å². The van der Waals surface area contributed by atoms with E-state index in [9.17, 15) is 19.5 Å². The summed E-state index contributed by atoms with van der Waals surface area (Å²) in [5.41, 5.74) is 1.16. The van der Waals surface area contributed by atoms with Crippen molar-refractivity contribution in [1.82, 2.24) is 0 Å². The van der Waals surface area contributed by atoms with Crippen LogP contribution in [0.5, 0.6) is 0 Å². The van der Waals surface area contributed by atoms with Gasteiger partial charge < -0.3 is 5.11 Å². The highest BCUT2D eigenvalue weighted by Crippen LogP contribution is 2.68. The first-order valence-electron chi connectivity index (χ1n) is 13.6. The van der Waals surface area contributed by atoms with Crippen molar-refractivity contribution in [1.29, 1.82) is 0 Å². The van der Waals surface area contributed by atoms with Crippen LogP contribution in [0, 0.1) is 52.3 Å². The third kappa shape index (κ3) is 4.00. The number of hydrogen-bond acceptors (Lipinski definition) is 3. The van der Waals surface area contributed by atoms with Crippen molar-refractivity contribution in [2.75, 3.05) is 0 Å². The molecule has 34 heavy (non-hydrogen) atoms. The van der Waals surface area contributed by atoms with E-state index in [1.165, 1.54) is 5.57 Å². The van der Waals surface area contributed by atoms with Gasteiger partial charge in [0.25, 0.3) is 0 Å². The molecule has 0 radical (unpaired) electrons. The molecule has 0 heterocycles. The van der Waals surface area contributed by atoms with Gasteiger partial charge in [-0.2, -0.15) is 0 Å². The van der Waals surface area contributed by atoms with E-state index in [0.717, 1.165) is 51.4 Å². The van der Waals surface area contributed by atoms with Crippen molar-refractivity contribution in [2.45, 2.75) is 98.8 Å². The Hall–Kier alpha value is -1.16. The SMILES string of the molecule is CCC(C(=O)C[C@@H](C(=O)O)[C@H]1CC[C@H]2[C@@H]3CCC4=C(Cl)C(=O)CC[C@]4(C)[C@H]3CC[C@]12C)C(C)C. The Morgan fingerprint density at radius 3 is 2.38 bits per heavy atom. The Morgan fingerprint density at radius 2 is 1.76 bits per heavy atom. The van der Waals surface area contributed by atoms with Crippen LogP contribution in [-0.2, 0) is 14.4 Å². The fourth-order valence-electron chi connectivity index (χ4n) is 9.19. The number of Topliss-reactive ketones (excluding diaryl/α,β-unsaturated/α-hetero) is 2. The molecule has 4 nitrogen and oxygen atoms in total. The molecule has 4 aliphatic rings. The van der Waals surface area contributed by atoms with Crippen LogP contribution >= 0.6 is 11.6 Å². The van der Waals surface area contributed by atoms with Gasteiger partial charge >= 0.3 is 5.97 Å². The highest BCUT2D eigenvalue weighted by Gasteiger charge is 2.61. The van der Waals surface area contributed by atoms with E-state index in [-0.39, 0.29) is 46.6 Å². The van der Waals surface area contributed by atoms with Gasteiger partial charge in [-0.1, -0.05) is 46.2 Å². The number of carboxylic acid groups (broad SMARTS) is 1. The third-order valence-corrected chi connectivity index (χ3v) is 11.4. The van der Waals surface area contributed by atoms with E-state index in [0.29, 0.717) is 29.2 Å². The first-order chi connectivity index (χ1) is 16.0. The number of fused-ring (bicyclic) bond motifs is 5. The topological polar surface area (TPSA) is 71.4 Å². The monoisotopic (exact) mass is 490 g/mol. The van der Waals surface area contributed by atoms with E-state index in [1.807, 2.05) is 6.92 Å². The Balaban J connectivity index is 1.58. The van der Waals surface area contributed by atoms with Crippen molar-refractivity contribution >= 4 is 29.1 Å². The summed E-state index contributed by atoms with van der Waals surface area (Å²) in [6.07, 6.45) is 8.38. The summed E-state index contributed by atoms with van der Waals surface area (Å²) in [7, 11) is 0. The van der Waals surface area contributed by atoms with Crippen molar-refractivity contribution in [3.05, 3.63) is 10.6 Å². The molecule has 1 N–H and O–H groups in total. The Bertz CT molecular complexity index is 891. The maximum absolute atomic E-state index is 13.1. The minimum Gasteiger partial charge on any atom is -0.481 e. The van der Waals surface area contributed by atoms with Crippen molar-refractivity contribution < 1.29 is 19.5 Å². The fraction of sp³-hybridized carbons (Fsp3) is 0.828. The molecule has 0 spiro atoms. The number of hydrogen-bond donors (Lipinski definition) is 1. The summed E-state index contributed by atoms with van der Waals surface area (Å²) in [6, 6.07) is 0. The lowest BCUT2D eigenvalue weighted by Crippen LogP contribution is -2.51. The maximum atomic E-state index is 13.1. The zero-order valence-electron chi connectivity index (χ0n) is 21.7. The number of aliphatic carboxylic acids is 1. The van der Waals surface area contributed by atoms with Crippen LogP contribution in [0.4, 0.5) is 0 Å². The Morgan fingerprint density at radius 1 is 1.06 bits per heavy atom. The highest BCUT2D eigenvalue weighted by molar-refractivity contribution is 6.43. The predicted molar refractivity (Wildman–Crippen MR) is 134 cm³/mol. The molecule has 0 aromatic carbocycles. The van der Waals surface area contributed by atoms with Crippen LogP contribution in [0.2, 0.25) is 0 Å².